The van der Waals surface area contributed by atoms with Gasteiger partial charge in [0.1, 0.15) is 9.67 Å². The van der Waals surface area contributed by atoms with Crippen molar-refractivity contribution in [2.45, 2.75) is 34.3 Å². The van der Waals surface area contributed by atoms with E-state index in [1.807, 2.05) is 60.7 Å². The fraction of sp³-hybridized carbons (Fsp3) is 0.316. The normalized spacial score (nSPS) is 16.7. The summed E-state index contributed by atoms with van der Waals surface area (Å²) in [6, 6.07) is 18.4. The Balaban J connectivity index is 2.64. The second-order valence-corrected chi connectivity index (χ2v) is 8.26. The zero-order valence-corrected chi connectivity index (χ0v) is 16.4. The van der Waals surface area contributed by atoms with Crippen LogP contribution >= 0.6 is 46.4 Å². The van der Waals surface area contributed by atoms with Crippen molar-refractivity contribution in [1.82, 2.24) is 0 Å². The highest BCUT2D eigenvalue weighted by molar-refractivity contribution is 6.49. The fourth-order valence-electron chi connectivity index (χ4n) is 2.82. The summed E-state index contributed by atoms with van der Waals surface area (Å²) in [4.78, 5) is 11.7. The summed E-state index contributed by atoms with van der Waals surface area (Å²) < 4.78 is 0. The number of Topliss-reactive ketones (excluding diaryl/α,β-unsaturated/α-hetero) is 1. The largest absolute Gasteiger partial charge is 0.297 e. The second-order valence-electron chi connectivity index (χ2n) is 6.07. The van der Waals surface area contributed by atoms with Gasteiger partial charge in [0.2, 0.25) is 0 Å². The van der Waals surface area contributed by atoms with Crippen molar-refractivity contribution in [3.8, 4) is 0 Å². The number of rotatable bonds is 6. The average Bonchev–Trinajstić information content (AvgIpc) is 2.60. The summed E-state index contributed by atoms with van der Waals surface area (Å²) in [5.41, 5.74) is -0.865. The molecule has 0 saturated heterocycles. The molecule has 1 nitrogen and oxygen atoms in total. The van der Waals surface area contributed by atoms with Crippen LogP contribution in [0.3, 0.4) is 0 Å². The Kier molecular flexibility index (Phi) is 6.25. The fourth-order valence-corrected chi connectivity index (χ4v) is 3.72. The van der Waals surface area contributed by atoms with Gasteiger partial charge in [0, 0.05) is 0 Å². The third kappa shape index (κ3) is 3.32. The minimum Gasteiger partial charge on any atom is -0.297 e. The molecule has 0 saturated carbocycles. The maximum absolute atomic E-state index is 13.6. The Morgan fingerprint density at radius 2 is 1.00 bits per heavy atom. The quantitative estimate of drug-likeness (QED) is 0.534. The molecule has 128 valence electrons. The lowest BCUT2D eigenvalue weighted by molar-refractivity contribution is -0.128. The molecule has 2 unspecified atom stereocenters. The van der Waals surface area contributed by atoms with Crippen LogP contribution in [-0.2, 0) is 15.6 Å². The van der Waals surface area contributed by atoms with Gasteiger partial charge in [-0.2, -0.15) is 0 Å². The number of carbonyl (C=O) groups excluding carboxylic acids is 1. The second kappa shape index (κ2) is 7.66. The molecule has 0 radical (unpaired) electrons. The first-order valence-corrected chi connectivity index (χ1v) is 9.22. The Bertz CT molecular complexity index is 628. The number of halogens is 4. The van der Waals surface area contributed by atoms with E-state index in [1.54, 1.807) is 13.8 Å². The lowest BCUT2D eigenvalue weighted by atomic mass is 9.67. The number of hydrogen-bond acceptors (Lipinski definition) is 1. The molecule has 2 rings (SSSR count). The topological polar surface area (TPSA) is 17.1 Å². The predicted molar refractivity (Wildman–Crippen MR) is 104 cm³/mol. The molecule has 0 aromatic heterocycles. The maximum Gasteiger partial charge on any atom is 0.158 e. The Morgan fingerprint density at radius 3 is 1.25 bits per heavy atom. The van der Waals surface area contributed by atoms with Crippen molar-refractivity contribution in [1.29, 1.82) is 0 Å². The minimum absolute atomic E-state index is 0.225. The van der Waals surface area contributed by atoms with Crippen molar-refractivity contribution in [3.63, 3.8) is 0 Å². The van der Waals surface area contributed by atoms with Gasteiger partial charge >= 0.3 is 0 Å². The summed E-state index contributed by atoms with van der Waals surface area (Å²) in [5, 5.41) is 0. The van der Waals surface area contributed by atoms with E-state index in [9.17, 15) is 4.79 Å². The monoisotopic (exact) mass is 402 g/mol. The van der Waals surface area contributed by atoms with E-state index in [0.29, 0.717) is 0 Å². The van der Waals surface area contributed by atoms with Gasteiger partial charge in [0.25, 0.3) is 0 Å². The summed E-state index contributed by atoms with van der Waals surface area (Å²) in [5.74, 6) is -0.225. The van der Waals surface area contributed by atoms with E-state index in [2.05, 4.69) is 0 Å². The summed E-state index contributed by atoms with van der Waals surface area (Å²) in [7, 11) is 0. The van der Waals surface area contributed by atoms with Gasteiger partial charge in [-0.05, 0) is 25.0 Å². The molecule has 0 aliphatic carbocycles. The van der Waals surface area contributed by atoms with Gasteiger partial charge < -0.3 is 0 Å². The highest BCUT2D eigenvalue weighted by Gasteiger charge is 2.53. The smallest absolute Gasteiger partial charge is 0.158 e. The molecule has 0 spiro atoms. The molecule has 2 aromatic carbocycles. The van der Waals surface area contributed by atoms with Crippen molar-refractivity contribution in [2.75, 3.05) is 0 Å². The van der Waals surface area contributed by atoms with Gasteiger partial charge in [0.05, 0.1) is 10.8 Å². The maximum atomic E-state index is 13.6. The number of alkyl halides is 4. The van der Waals surface area contributed by atoms with Crippen molar-refractivity contribution >= 4 is 52.2 Å². The Hall–Kier alpha value is -0.730. The first-order valence-electron chi connectivity index (χ1n) is 7.48. The molecule has 2 aromatic rings. The lowest BCUT2D eigenvalue weighted by Crippen LogP contribution is -2.52. The zero-order chi connectivity index (χ0) is 18.0. The third-order valence-electron chi connectivity index (χ3n) is 4.56. The molecule has 0 aliphatic rings. The highest BCUT2D eigenvalue weighted by Crippen LogP contribution is 2.45. The van der Waals surface area contributed by atoms with E-state index >= 15 is 0 Å². The van der Waals surface area contributed by atoms with Crippen LogP contribution in [0.1, 0.15) is 25.0 Å². The molecular weight excluding hydrogens is 386 g/mol. The molecule has 0 amide bonds. The number of ketones is 1. The molecule has 24 heavy (non-hydrogen) atoms. The van der Waals surface area contributed by atoms with Crippen LogP contribution in [0.2, 0.25) is 0 Å². The Morgan fingerprint density at radius 1 is 0.708 bits per heavy atom. The van der Waals surface area contributed by atoms with Crippen LogP contribution < -0.4 is 0 Å². The summed E-state index contributed by atoms with van der Waals surface area (Å²) in [6.07, 6.45) is 0. The van der Waals surface area contributed by atoms with Crippen LogP contribution in [0.4, 0.5) is 0 Å². The summed E-state index contributed by atoms with van der Waals surface area (Å²) in [6.45, 7) is 3.46. The number of carbonyl (C=O) groups is 1. The van der Waals surface area contributed by atoms with Crippen molar-refractivity contribution in [2.24, 2.45) is 0 Å². The van der Waals surface area contributed by atoms with Crippen LogP contribution in [0.5, 0.6) is 0 Å². The first-order chi connectivity index (χ1) is 11.3. The molecular formula is C19H18Cl4O. The van der Waals surface area contributed by atoms with Gasteiger partial charge in [-0.1, -0.05) is 60.7 Å². The van der Waals surface area contributed by atoms with Crippen LogP contribution in [0.25, 0.3) is 0 Å². The van der Waals surface area contributed by atoms with E-state index in [4.69, 9.17) is 46.4 Å². The SMILES string of the molecule is CC(C(=O)C(C)(c1ccccc1)C(Cl)Cl)(c1ccccc1)C(Cl)Cl. The number of hydrogen-bond donors (Lipinski definition) is 0. The first kappa shape index (κ1) is 19.6. The van der Waals surface area contributed by atoms with Gasteiger partial charge in [-0.15, -0.1) is 46.4 Å². The molecule has 0 heterocycles. The van der Waals surface area contributed by atoms with Gasteiger partial charge in [-0.25, -0.2) is 0 Å². The van der Waals surface area contributed by atoms with Gasteiger partial charge in [-0.3, -0.25) is 4.79 Å². The van der Waals surface area contributed by atoms with Crippen LogP contribution in [0.15, 0.2) is 60.7 Å². The third-order valence-corrected chi connectivity index (χ3v) is 6.31. The van der Waals surface area contributed by atoms with Crippen molar-refractivity contribution < 1.29 is 4.79 Å². The zero-order valence-electron chi connectivity index (χ0n) is 13.3. The molecule has 2 atom stereocenters. The summed E-state index contributed by atoms with van der Waals surface area (Å²) >= 11 is 25.1. The van der Waals surface area contributed by atoms with Crippen molar-refractivity contribution in [3.05, 3.63) is 71.8 Å². The molecule has 0 N–H and O–H groups in total. The minimum atomic E-state index is -1.16. The molecule has 5 heteroatoms. The predicted octanol–water partition coefficient (Wildman–Crippen LogP) is 6.08. The van der Waals surface area contributed by atoms with Crippen LogP contribution in [0, 0.1) is 0 Å². The lowest BCUT2D eigenvalue weighted by Gasteiger charge is -2.40. The van der Waals surface area contributed by atoms with Crippen LogP contribution in [-0.4, -0.2) is 15.5 Å². The van der Waals surface area contributed by atoms with E-state index in [0.717, 1.165) is 11.1 Å². The van der Waals surface area contributed by atoms with E-state index < -0.39 is 20.5 Å². The molecule has 0 bridgehead atoms. The molecule has 0 aliphatic heterocycles. The van der Waals surface area contributed by atoms with E-state index in [1.165, 1.54) is 0 Å². The average molecular weight is 404 g/mol. The number of benzene rings is 2. The molecule has 0 fully saturated rings. The Labute approximate surface area is 162 Å². The standard InChI is InChI=1S/C19H18Cl4O/c1-18(16(20)21,13-9-5-3-6-10-13)15(24)19(2,17(22)23)14-11-7-4-8-12-14/h3-12,16-17H,1-2H3. The van der Waals surface area contributed by atoms with Gasteiger partial charge in [0.15, 0.2) is 5.78 Å². The highest BCUT2D eigenvalue weighted by atomic mass is 35.5. The van der Waals surface area contributed by atoms with E-state index in [-0.39, 0.29) is 5.78 Å².